The zero-order valence-electron chi connectivity index (χ0n) is 11.6. The van der Waals surface area contributed by atoms with Crippen LogP contribution >= 0.6 is 11.8 Å². The molecule has 0 bridgehead atoms. The number of aromatic nitrogens is 1. The van der Waals surface area contributed by atoms with Crippen LogP contribution in [0.5, 0.6) is 0 Å². The highest BCUT2D eigenvalue weighted by Crippen LogP contribution is 2.24. The van der Waals surface area contributed by atoms with Gasteiger partial charge >= 0.3 is 0 Å². The first kappa shape index (κ1) is 14.2. The number of nitrogens with one attached hydrogen (secondary N) is 1. The molecule has 104 valence electrons. The standard InChI is InChI=1S/C14H21N3OS/c1-3-11-10-17(7-8-19-11)14(18)12-5-6-15-9-13(12)16-4-2/h5-6,9,11,16H,3-4,7-8,10H2,1-2H3. The fourth-order valence-electron chi connectivity index (χ4n) is 2.23. The summed E-state index contributed by atoms with van der Waals surface area (Å²) in [5.74, 6) is 1.16. The van der Waals surface area contributed by atoms with E-state index < -0.39 is 0 Å². The van der Waals surface area contributed by atoms with E-state index in [-0.39, 0.29) is 5.91 Å². The molecule has 0 aromatic carbocycles. The van der Waals surface area contributed by atoms with E-state index >= 15 is 0 Å². The number of rotatable bonds is 4. The average Bonchev–Trinajstić information content (AvgIpc) is 2.47. The Morgan fingerprint density at radius 3 is 3.16 bits per heavy atom. The SMILES string of the molecule is CCNc1cnccc1C(=O)N1CCSC(CC)C1. The smallest absolute Gasteiger partial charge is 0.256 e. The minimum absolute atomic E-state index is 0.122. The van der Waals surface area contributed by atoms with E-state index in [2.05, 4.69) is 17.2 Å². The Morgan fingerprint density at radius 1 is 1.58 bits per heavy atom. The van der Waals surface area contributed by atoms with Crippen LogP contribution in [0.3, 0.4) is 0 Å². The summed E-state index contributed by atoms with van der Waals surface area (Å²) in [7, 11) is 0. The Hall–Kier alpha value is -1.23. The Morgan fingerprint density at radius 2 is 2.42 bits per heavy atom. The minimum atomic E-state index is 0.122. The summed E-state index contributed by atoms with van der Waals surface area (Å²) in [4.78, 5) is 18.7. The van der Waals surface area contributed by atoms with Gasteiger partial charge in [0, 0.05) is 36.8 Å². The van der Waals surface area contributed by atoms with Crippen LogP contribution in [0.15, 0.2) is 18.5 Å². The van der Waals surface area contributed by atoms with Crippen molar-refractivity contribution in [3.05, 3.63) is 24.0 Å². The fraction of sp³-hybridized carbons (Fsp3) is 0.571. The number of pyridine rings is 1. The van der Waals surface area contributed by atoms with Crippen molar-refractivity contribution >= 4 is 23.4 Å². The van der Waals surface area contributed by atoms with Crippen molar-refractivity contribution in [2.45, 2.75) is 25.5 Å². The summed E-state index contributed by atoms with van der Waals surface area (Å²) >= 11 is 1.97. The van der Waals surface area contributed by atoms with Gasteiger partial charge in [-0.25, -0.2) is 0 Å². The van der Waals surface area contributed by atoms with Crippen LogP contribution in [0.4, 0.5) is 5.69 Å². The second kappa shape index (κ2) is 6.80. The lowest BCUT2D eigenvalue weighted by Gasteiger charge is -2.32. The molecule has 1 N–H and O–H groups in total. The maximum absolute atomic E-state index is 12.6. The molecule has 1 aliphatic heterocycles. The van der Waals surface area contributed by atoms with E-state index in [1.54, 1.807) is 12.4 Å². The predicted octanol–water partition coefficient (Wildman–Crippen LogP) is 2.48. The monoisotopic (exact) mass is 279 g/mol. The van der Waals surface area contributed by atoms with Gasteiger partial charge in [0.25, 0.3) is 5.91 Å². The van der Waals surface area contributed by atoms with Crippen molar-refractivity contribution in [2.75, 3.05) is 30.7 Å². The second-order valence-electron chi connectivity index (χ2n) is 4.60. The second-order valence-corrected chi connectivity index (χ2v) is 6.01. The maximum Gasteiger partial charge on any atom is 0.256 e. The van der Waals surface area contributed by atoms with Gasteiger partial charge in [0.2, 0.25) is 0 Å². The van der Waals surface area contributed by atoms with E-state index in [1.807, 2.05) is 29.7 Å². The van der Waals surface area contributed by atoms with Gasteiger partial charge in [-0.15, -0.1) is 0 Å². The summed E-state index contributed by atoms with van der Waals surface area (Å²) in [6, 6.07) is 1.81. The van der Waals surface area contributed by atoms with Gasteiger partial charge in [-0.05, 0) is 19.4 Å². The van der Waals surface area contributed by atoms with Gasteiger partial charge in [-0.3, -0.25) is 9.78 Å². The largest absolute Gasteiger partial charge is 0.383 e. The Labute approximate surface area is 119 Å². The van der Waals surface area contributed by atoms with Crippen LogP contribution in [0.2, 0.25) is 0 Å². The zero-order chi connectivity index (χ0) is 13.7. The molecule has 1 aromatic heterocycles. The van der Waals surface area contributed by atoms with Gasteiger partial charge in [0.1, 0.15) is 0 Å². The third-order valence-electron chi connectivity index (χ3n) is 3.30. The van der Waals surface area contributed by atoms with E-state index in [0.717, 1.165) is 43.1 Å². The summed E-state index contributed by atoms with van der Waals surface area (Å²) < 4.78 is 0. The van der Waals surface area contributed by atoms with Gasteiger partial charge < -0.3 is 10.2 Å². The molecule has 0 saturated carbocycles. The molecule has 1 unspecified atom stereocenters. The maximum atomic E-state index is 12.6. The third-order valence-corrected chi connectivity index (χ3v) is 4.67. The first-order chi connectivity index (χ1) is 9.26. The van der Waals surface area contributed by atoms with Gasteiger partial charge in [0.05, 0.1) is 17.4 Å². The molecule has 1 saturated heterocycles. The molecule has 2 rings (SSSR count). The number of anilines is 1. The Balaban J connectivity index is 2.14. The molecule has 4 nitrogen and oxygen atoms in total. The van der Waals surface area contributed by atoms with E-state index in [9.17, 15) is 4.79 Å². The number of nitrogens with zero attached hydrogens (tertiary/aromatic N) is 2. The lowest BCUT2D eigenvalue weighted by Crippen LogP contribution is -2.42. The molecule has 1 aromatic rings. The number of hydrogen-bond acceptors (Lipinski definition) is 4. The number of thioether (sulfide) groups is 1. The molecule has 0 aliphatic carbocycles. The third kappa shape index (κ3) is 3.41. The number of carbonyl (C=O) groups excluding carboxylic acids is 1. The summed E-state index contributed by atoms with van der Waals surface area (Å²) in [6.07, 6.45) is 4.53. The predicted molar refractivity (Wildman–Crippen MR) is 80.8 cm³/mol. The van der Waals surface area contributed by atoms with E-state index in [4.69, 9.17) is 0 Å². The zero-order valence-corrected chi connectivity index (χ0v) is 12.4. The lowest BCUT2D eigenvalue weighted by molar-refractivity contribution is 0.0762. The average molecular weight is 279 g/mol. The normalized spacial score (nSPS) is 19.3. The first-order valence-electron chi connectivity index (χ1n) is 6.85. The quantitative estimate of drug-likeness (QED) is 0.919. The van der Waals surface area contributed by atoms with E-state index in [1.165, 1.54) is 0 Å². The van der Waals surface area contributed by atoms with Crippen molar-refractivity contribution in [3.63, 3.8) is 0 Å². The molecule has 5 heteroatoms. The van der Waals surface area contributed by atoms with Crippen LogP contribution in [0, 0.1) is 0 Å². The molecule has 0 spiro atoms. The van der Waals surface area contributed by atoms with Crippen LogP contribution in [-0.4, -0.2) is 46.4 Å². The number of carbonyl (C=O) groups is 1. The molecule has 1 atom stereocenters. The molecule has 0 radical (unpaired) electrons. The van der Waals surface area contributed by atoms with Crippen LogP contribution < -0.4 is 5.32 Å². The van der Waals surface area contributed by atoms with Gasteiger partial charge in [-0.2, -0.15) is 11.8 Å². The van der Waals surface area contributed by atoms with Crippen molar-refractivity contribution in [1.29, 1.82) is 0 Å². The Kier molecular flexibility index (Phi) is 5.07. The molecule has 1 amide bonds. The summed E-state index contributed by atoms with van der Waals surface area (Å²) in [6.45, 7) is 6.69. The molecule has 1 aliphatic rings. The van der Waals surface area contributed by atoms with Gasteiger partial charge in [-0.1, -0.05) is 6.92 Å². The van der Waals surface area contributed by atoms with Gasteiger partial charge in [0.15, 0.2) is 0 Å². The van der Waals surface area contributed by atoms with Crippen LogP contribution in [0.1, 0.15) is 30.6 Å². The lowest BCUT2D eigenvalue weighted by atomic mass is 10.2. The minimum Gasteiger partial charge on any atom is -0.383 e. The molecular formula is C14H21N3OS. The summed E-state index contributed by atoms with van der Waals surface area (Å²) in [5, 5.41) is 3.78. The van der Waals surface area contributed by atoms with Crippen molar-refractivity contribution in [3.8, 4) is 0 Å². The first-order valence-corrected chi connectivity index (χ1v) is 7.89. The number of hydrogen-bond donors (Lipinski definition) is 1. The van der Waals surface area contributed by atoms with Crippen molar-refractivity contribution in [2.24, 2.45) is 0 Å². The van der Waals surface area contributed by atoms with Crippen molar-refractivity contribution in [1.82, 2.24) is 9.88 Å². The molecule has 2 heterocycles. The topological polar surface area (TPSA) is 45.2 Å². The van der Waals surface area contributed by atoms with E-state index in [0.29, 0.717) is 5.25 Å². The Bertz CT molecular complexity index is 438. The van der Waals surface area contributed by atoms with Crippen LogP contribution in [-0.2, 0) is 0 Å². The van der Waals surface area contributed by atoms with Crippen LogP contribution in [0.25, 0.3) is 0 Å². The molecule has 1 fully saturated rings. The highest BCUT2D eigenvalue weighted by molar-refractivity contribution is 8.00. The molecule has 19 heavy (non-hydrogen) atoms. The van der Waals surface area contributed by atoms with Crippen molar-refractivity contribution < 1.29 is 4.79 Å². The molecular weight excluding hydrogens is 258 g/mol. The highest BCUT2D eigenvalue weighted by atomic mass is 32.2. The fourth-order valence-corrected chi connectivity index (χ4v) is 3.41. The number of amides is 1. The highest BCUT2D eigenvalue weighted by Gasteiger charge is 2.25. The summed E-state index contributed by atoms with van der Waals surface area (Å²) in [5.41, 5.74) is 1.57.